The summed E-state index contributed by atoms with van der Waals surface area (Å²) in [6.07, 6.45) is -0.114. The fourth-order valence-corrected chi connectivity index (χ4v) is 15.5. The third-order valence-electron chi connectivity index (χ3n) is 8.72. The molecule has 5 aromatic rings. The average molecular weight is 645 g/mol. The number of hydrogen-bond acceptors (Lipinski definition) is 3. The highest BCUT2D eigenvalue weighted by Crippen LogP contribution is 2.44. The Morgan fingerprint density at radius 2 is 0.848 bits per heavy atom. The molecule has 46 heavy (non-hydrogen) atoms. The first-order valence-electron chi connectivity index (χ1n) is 15.8. The zero-order chi connectivity index (χ0) is 33.0. The molecule has 0 atom stereocenters. The first-order valence-corrected chi connectivity index (χ1v) is 19.6. The van der Waals surface area contributed by atoms with Gasteiger partial charge in [0.05, 0.1) is 6.42 Å². The zero-order valence-electron chi connectivity index (χ0n) is 27.7. The molecular weight excluding hydrogens is 601 g/mol. The molecule has 0 saturated carbocycles. The van der Waals surface area contributed by atoms with Crippen LogP contribution in [0.3, 0.4) is 0 Å². The zero-order valence-corrected chi connectivity index (χ0v) is 29.7. The molecule has 0 unspecified atom stereocenters. The van der Waals surface area contributed by atoms with Crippen LogP contribution in [0.2, 0.25) is 10.1 Å². The van der Waals surface area contributed by atoms with Crippen molar-refractivity contribution in [2.75, 3.05) is 0 Å². The van der Waals surface area contributed by atoms with Crippen molar-refractivity contribution in [2.24, 2.45) is 0 Å². The first kappa shape index (κ1) is 33.0. The van der Waals surface area contributed by atoms with E-state index >= 15 is 0 Å². The second kappa shape index (κ2) is 13.1. The number of rotatable bonds is 10. The lowest BCUT2D eigenvalue weighted by atomic mass is 10.1. The molecule has 0 fully saturated rings. The maximum Gasteiger partial charge on any atom is 0.320 e. The van der Waals surface area contributed by atoms with Crippen LogP contribution in [0.4, 0.5) is 0 Å². The molecule has 0 aliphatic rings. The smallest absolute Gasteiger partial charge is 0.320 e. The van der Waals surface area contributed by atoms with Crippen LogP contribution in [0.15, 0.2) is 140 Å². The van der Waals surface area contributed by atoms with Gasteiger partial charge in [0.1, 0.15) is 11.5 Å². The van der Waals surface area contributed by atoms with Crippen molar-refractivity contribution in [3.8, 4) is 11.5 Å². The van der Waals surface area contributed by atoms with Crippen LogP contribution in [-0.2, 0) is 11.2 Å². The summed E-state index contributed by atoms with van der Waals surface area (Å²) in [4.78, 5) is 11.9. The molecule has 0 bridgehead atoms. The van der Waals surface area contributed by atoms with Crippen molar-refractivity contribution in [1.82, 2.24) is 0 Å². The van der Waals surface area contributed by atoms with Crippen molar-refractivity contribution in [1.29, 1.82) is 0 Å². The number of aliphatic carboxylic acids is 1. The third kappa shape index (κ3) is 6.32. The van der Waals surface area contributed by atoms with Gasteiger partial charge in [0.2, 0.25) is 0 Å². The van der Waals surface area contributed by atoms with Gasteiger partial charge >= 0.3 is 22.6 Å². The summed E-state index contributed by atoms with van der Waals surface area (Å²) < 4.78 is 15.1. The predicted octanol–water partition coefficient (Wildman–Crippen LogP) is 7.19. The molecule has 0 aliphatic heterocycles. The van der Waals surface area contributed by atoms with Crippen LogP contribution in [0.25, 0.3) is 0 Å². The van der Waals surface area contributed by atoms with Crippen LogP contribution >= 0.6 is 0 Å². The largest absolute Gasteiger partial charge is 0.532 e. The van der Waals surface area contributed by atoms with Crippen LogP contribution in [0.1, 0.15) is 47.1 Å². The normalized spacial score (nSPS) is 12.4. The molecule has 6 heteroatoms. The van der Waals surface area contributed by atoms with Crippen LogP contribution < -0.4 is 29.6 Å². The van der Waals surface area contributed by atoms with E-state index in [1.54, 1.807) is 0 Å². The van der Waals surface area contributed by atoms with E-state index in [4.69, 9.17) is 8.85 Å². The van der Waals surface area contributed by atoms with Gasteiger partial charge in [0.25, 0.3) is 0 Å². The Kier molecular flexibility index (Phi) is 9.42. The lowest BCUT2D eigenvalue weighted by Crippen LogP contribution is -2.69. The van der Waals surface area contributed by atoms with E-state index in [0.717, 1.165) is 20.7 Å². The molecule has 0 spiro atoms. The van der Waals surface area contributed by atoms with E-state index in [9.17, 15) is 9.90 Å². The van der Waals surface area contributed by atoms with Gasteiger partial charge < -0.3 is 14.0 Å². The van der Waals surface area contributed by atoms with Crippen LogP contribution in [-0.4, -0.2) is 27.7 Å². The van der Waals surface area contributed by atoms with Gasteiger partial charge in [-0.15, -0.1) is 0 Å². The maximum atomic E-state index is 11.9. The van der Waals surface area contributed by atoms with Crippen LogP contribution in [0.5, 0.6) is 11.5 Å². The summed E-state index contributed by atoms with van der Waals surface area (Å²) in [6, 6.07) is 47.7. The fraction of sp³-hybridized carbons (Fsp3) is 0.225. The van der Waals surface area contributed by atoms with Crippen molar-refractivity contribution in [2.45, 2.75) is 58.0 Å². The molecule has 0 radical (unpaired) electrons. The van der Waals surface area contributed by atoms with Crippen LogP contribution in [0, 0.1) is 0 Å². The monoisotopic (exact) mass is 644 g/mol. The number of benzene rings is 5. The summed E-state index contributed by atoms with van der Waals surface area (Å²) in [5, 5.41) is 13.8. The SMILES string of the molecule is CC(C)(C)[Si](Oc1ccc(CC(=O)O)cc1O[Si](c1ccccc1)(c1ccccc1)C(C)(C)C)(c1ccccc1)c1ccccc1. The van der Waals surface area contributed by atoms with Crippen molar-refractivity contribution in [3.63, 3.8) is 0 Å². The average Bonchev–Trinajstić information content (AvgIpc) is 3.03. The highest BCUT2D eigenvalue weighted by Gasteiger charge is 2.54. The minimum absolute atomic E-state index is 0.114. The van der Waals surface area contributed by atoms with Crippen molar-refractivity contribution < 1.29 is 18.8 Å². The topological polar surface area (TPSA) is 55.8 Å². The second-order valence-corrected chi connectivity index (χ2v) is 22.3. The summed E-state index contributed by atoms with van der Waals surface area (Å²) in [5.74, 6) is 0.300. The van der Waals surface area contributed by atoms with Gasteiger partial charge in [-0.3, -0.25) is 4.79 Å². The number of hydrogen-bond donors (Lipinski definition) is 1. The van der Waals surface area contributed by atoms with Gasteiger partial charge in [-0.25, -0.2) is 0 Å². The maximum absolute atomic E-state index is 11.9. The van der Waals surface area contributed by atoms with Gasteiger partial charge in [-0.2, -0.15) is 0 Å². The van der Waals surface area contributed by atoms with E-state index in [0.29, 0.717) is 17.1 Å². The van der Waals surface area contributed by atoms with Gasteiger partial charge in [0, 0.05) is 0 Å². The molecular formula is C40H44O4Si2. The molecule has 1 N–H and O–H groups in total. The van der Waals surface area contributed by atoms with E-state index in [-0.39, 0.29) is 16.5 Å². The molecule has 4 nitrogen and oxygen atoms in total. The molecule has 0 amide bonds. The van der Waals surface area contributed by atoms with E-state index in [1.807, 2.05) is 42.5 Å². The molecule has 0 heterocycles. The van der Waals surface area contributed by atoms with Crippen molar-refractivity contribution >= 4 is 43.4 Å². The lowest BCUT2D eigenvalue weighted by molar-refractivity contribution is -0.136. The molecule has 5 aromatic carbocycles. The van der Waals surface area contributed by atoms with Gasteiger partial charge in [0.15, 0.2) is 0 Å². The molecule has 5 rings (SSSR count). The fourth-order valence-electron chi connectivity index (χ4n) is 6.63. The Morgan fingerprint density at radius 1 is 0.522 bits per heavy atom. The molecule has 236 valence electrons. The van der Waals surface area contributed by atoms with Crippen molar-refractivity contribution in [3.05, 3.63) is 145 Å². The number of carbonyl (C=O) groups is 1. The highest BCUT2D eigenvalue weighted by atomic mass is 28.4. The first-order chi connectivity index (χ1) is 21.9. The minimum Gasteiger partial charge on any atom is -0.532 e. The van der Waals surface area contributed by atoms with Gasteiger partial charge in [-0.05, 0) is 48.5 Å². The van der Waals surface area contributed by atoms with E-state index in [2.05, 4.69) is 139 Å². The Morgan fingerprint density at radius 3 is 1.15 bits per heavy atom. The predicted molar refractivity (Wildman–Crippen MR) is 194 cm³/mol. The summed E-state index contributed by atoms with van der Waals surface area (Å²) in [7, 11) is -6.11. The minimum atomic E-state index is -3.08. The Bertz CT molecular complexity index is 1670. The Balaban J connectivity index is 1.80. The summed E-state index contributed by atoms with van der Waals surface area (Å²) >= 11 is 0. The molecule has 0 aliphatic carbocycles. The summed E-state index contributed by atoms with van der Waals surface area (Å²) in [5.41, 5.74) is 0.662. The number of carboxylic acids is 1. The standard InChI is InChI=1S/C40H44O4Si2/c1-39(2,3)45(32-19-11-7-12-20-32,33-21-13-8-14-22-33)43-36-28-27-31(30-38(41)42)29-37(36)44-46(40(4,5)6,34-23-15-9-16-24-34)35-25-17-10-18-26-35/h7-29H,30H2,1-6H3,(H,41,42). The Labute approximate surface area is 276 Å². The van der Waals surface area contributed by atoms with E-state index in [1.165, 1.54) is 0 Å². The third-order valence-corrected chi connectivity index (χ3v) is 18.6. The highest BCUT2D eigenvalue weighted by molar-refractivity contribution is 7.01. The number of carboxylic acid groups (broad SMARTS) is 1. The molecule has 0 saturated heterocycles. The molecule has 0 aromatic heterocycles. The summed E-state index contributed by atoms with van der Waals surface area (Å²) in [6.45, 7) is 13.5. The van der Waals surface area contributed by atoms with Gasteiger partial charge in [-0.1, -0.05) is 169 Å². The second-order valence-electron chi connectivity index (χ2n) is 13.9. The lowest BCUT2D eigenvalue weighted by Gasteiger charge is -2.45. The van der Waals surface area contributed by atoms with E-state index < -0.39 is 22.6 Å². The quantitative estimate of drug-likeness (QED) is 0.164. The Hall–Kier alpha value is -4.40.